The largest absolute Gasteiger partial charge is 0.497 e. The van der Waals surface area contributed by atoms with Crippen molar-refractivity contribution >= 4 is 33.2 Å². The SMILES string of the molecule is CNC(=O)C(Cc1ccccc1)N(Cc1ccccc1C)C(=O)CN(c1ccc(OC)cc1)S(=O)(=O)c1ccc(C)c([N+](=O)[O-])c1. The highest BCUT2D eigenvalue weighted by atomic mass is 32.2. The fraction of sp³-hybridized carbons (Fsp3) is 0.235. The molecule has 1 atom stereocenters. The van der Waals surface area contributed by atoms with Crippen LogP contribution in [0, 0.1) is 24.0 Å². The molecule has 0 saturated carbocycles. The molecule has 12 heteroatoms. The third kappa shape index (κ3) is 7.70. The number of rotatable bonds is 13. The number of likely N-dealkylation sites (N-methyl/N-ethyl adjacent to an activating group) is 1. The quantitative estimate of drug-likeness (QED) is 0.163. The van der Waals surface area contributed by atoms with Gasteiger partial charge in [-0.15, -0.1) is 0 Å². The Labute approximate surface area is 268 Å². The molecule has 4 aromatic carbocycles. The second-order valence-corrected chi connectivity index (χ2v) is 12.5. The number of amides is 2. The summed E-state index contributed by atoms with van der Waals surface area (Å²) in [6.45, 7) is 2.74. The van der Waals surface area contributed by atoms with Crippen LogP contribution in [0.3, 0.4) is 0 Å². The summed E-state index contributed by atoms with van der Waals surface area (Å²) in [7, 11) is -1.58. The lowest BCUT2D eigenvalue weighted by Gasteiger charge is -2.34. The number of carbonyl (C=O) groups excluding carboxylic acids is 2. The minimum atomic E-state index is -4.53. The molecule has 2 amide bonds. The molecule has 46 heavy (non-hydrogen) atoms. The number of nitrogens with one attached hydrogen (secondary N) is 1. The van der Waals surface area contributed by atoms with Crippen molar-refractivity contribution in [1.82, 2.24) is 10.2 Å². The van der Waals surface area contributed by atoms with E-state index in [1.165, 1.54) is 50.2 Å². The summed E-state index contributed by atoms with van der Waals surface area (Å²) in [5.74, 6) is -0.602. The van der Waals surface area contributed by atoms with Crippen molar-refractivity contribution in [3.05, 3.63) is 129 Å². The van der Waals surface area contributed by atoms with Gasteiger partial charge in [0.15, 0.2) is 0 Å². The van der Waals surface area contributed by atoms with Crippen LogP contribution in [0.15, 0.2) is 102 Å². The van der Waals surface area contributed by atoms with Gasteiger partial charge in [0.2, 0.25) is 11.8 Å². The maximum atomic E-state index is 14.4. The number of carbonyl (C=O) groups is 2. The van der Waals surface area contributed by atoms with E-state index >= 15 is 0 Å². The molecule has 240 valence electrons. The van der Waals surface area contributed by atoms with E-state index in [4.69, 9.17) is 4.74 Å². The van der Waals surface area contributed by atoms with Gasteiger partial charge in [-0.1, -0.05) is 60.7 Å². The van der Waals surface area contributed by atoms with Gasteiger partial charge < -0.3 is 15.0 Å². The Bertz CT molecular complexity index is 1810. The van der Waals surface area contributed by atoms with Crippen LogP contribution in [0.25, 0.3) is 0 Å². The van der Waals surface area contributed by atoms with Crippen molar-refractivity contribution in [2.45, 2.75) is 37.8 Å². The Morgan fingerprint density at radius 3 is 2.17 bits per heavy atom. The number of hydrogen-bond donors (Lipinski definition) is 1. The van der Waals surface area contributed by atoms with Gasteiger partial charge in [0.05, 0.1) is 22.6 Å². The monoisotopic (exact) mass is 644 g/mol. The molecular weight excluding hydrogens is 608 g/mol. The second kappa shape index (κ2) is 14.7. The number of nitro groups is 1. The van der Waals surface area contributed by atoms with E-state index in [2.05, 4.69) is 5.32 Å². The number of benzene rings is 4. The predicted octanol–water partition coefficient (Wildman–Crippen LogP) is 4.80. The van der Waals surface area contributed by atoms with Crippen LogP contribution < -0.4 is 14.4 Å². The second-order valence-electron chi connectivity index (χ2n) is 10.7. The Kier molecular flexibility index (Phi) is 10.8. The van der Waals surface area contributed by atoms with Crippen molar-refractivity contribution < 1.29 is 27.7 Å². The molecule has 0 fully saturated rings. The standard InChI is InChI=1S/C34H36N4O7S/c1-24-10-8-9-13-27(24)22-36(32(34(40)35-3)20-26-11-6-5-7-12-26)33(39)23-37(28-15-17-29(45-4)18-16-28)46(43,44)30-19-14-25(2)31(21-30)38(41)42/h5-19,21,32H,20,22-23H2,1-4H3,(H,35,40). The summed E-state index contributed by atoms with van der Waals surface area (Å²) in [5.41, 5.74) is 2.53. The summed E-state index contributed by atoms with van der Waals surface area (Å²) in [4.78, 5) is 39.9. The number of methoxy groups -OCH3 is 1. The van der Waals surface area contributed by atoms with E-state index in [-0.39, 0.29) is 34.8 Å². The van der Waals surface area contributed by atoms with Crippen LogP contribution in [0.4, 0.5) is 11.4 Å². The molecular formula is C34H36N4O7S. The molecule has 0 aliphatic heterocycles. The Balaban J connectivity index is 1.83. The fourth-order valence-corrected chi connectivity index (χ4v) is 6.48. The van der Waals surface area contributed by atoms with Gasteiger partial charge in [-0.25, -0.2) is 8.42 Å². The molecule has 0 aliphatic carbocycles. The summed E-state index contributed by atoms with van der Waals surface area (Å²) in [6, 6.07) is 25.3. The van der Waals surface area contributed by atoms with E-state index in [9.17, 15) is 28.1 Å². The van der Waals surface area contributed by atoms with Crippen LogP contribution >= 0.6 is 0 Å². The van der Waals surface area contributed by atoms with E-state index in [1.54, 1.807) is 12.1 Å². The molecule has 0 aromatic heterocycles. The van der Waals surface area contributed by atoms with E-state index in [0.717, 1.165) is 27.1 Å². The minimum absolute atomic E-state index is 0.0307. The topological polar surface area (TPSA) is 139 Å². The lowest BCUT2D eigenvalue weighted by molar-refractivity contribution is -0.385. The number of hydrogen-bond acceptors (Lipinski definition) is 7. The molecule has 0 saturated heterocycles. The van der Waals surface area contributed by atoms with Crippen molar-refractivity contribution in [2.24, 2.45) is 0 Å². The van der Waals surface area contributed by atoms with Crippen molar-refractivity contribution in [1.29, 1.82) is 0 Å². The fourth-order valence-electron chi connectivity index (χ4n) is 5.04. The Hall–Kier alpha value is -5.23. The van der Waals surface area contributed by atoms with Gasteiger partial charge in [0.1, 0.15) is 18.3 Å². The number of ether oxygens (including phenoxy) is 1. The van der Waals surface area contributed by atoms with Crippen molar-refractivity contribution in [3.8, 4) is 5.75 Å². The molecule has 11 nitrogen and oxygen atoms in total. The van der Waals surface area contributed by atoms with Crippen LogP contribution in [-0.4, -0.2) is 56.8 Å². The maximum Gasteiger partial charge on any atom is 0.273 e. The number of nitrogens with zero attached hydrogens (tertiary/aromatic N) is 3. The summed E-state index contributed by atoms with van der Waals surface area (Å²) in [6.07, 6.45) is 0.178. The average Bonchev–Trinajstić information content (AvgIpc) is 3.06. The molecule has 1 N–H and O–H groups in total. The first-order valence-electron chi connectivity index (χ1n) is 14.5. The highest BCUT2D eigenvalue weighted by Crippen LogP contribution is 2.30. The van der Waals surface area contributed by atoms with Crippen LogP contribution in [0.2, 0.25) is 0 Å². The normalized spacial score (nSPS) is 11.7. The average molecular weight is 645 g/mol. The third-order valence-electron chi connectivity index (χ3n) is 7.72. The summed E-state index contributed by atoms with van der Waals surface area (Å²) < 4.78 is 34.6. The van der Waals surface area contributed by atoms with E-state index in [0.29, 0.717) is 5.75 Å². The van der Waals surface area contributed by atoms with Crippen LogP contribution in [-0.2, 0) is 32.6 Å². The molecule has 0 aliphatic rings. The van der Waals surface area contributed by atoms with Gasteiger partial charge in [0, 0.05) is 31.6 Å². The van der Waals surface area contributed by atoms with Crippen molar-refractivity contribution in [2.75, 3.05) is 25.0 Å². The van der Waals surface area contributed by atoms with Crippen LogP contribution in [0.1, 0.15) is 22.3 Å². The third-order valence-corrected chi connectivity index (χ3v) is 9.49. The van der Waals surface area contributed by atoms with Gasteiger partial charge in [-0.3, -0.25) is 24.0 Å². The lowest BCUT2D eigenvalue weighted by Crippen LogP contribution is -2.53. The highest BCUT2D eigenvalue weighted by Gasteiger charge is 2.35. The van der Waals surface area contributed by atoms with Gasteiger partial charge in [-0.2, -0.15) is 0 Å². The minimum Gasteiger partial charge on any atom is -0.497 e. The zero-order chi connectivity index (χ0) is 33.4. The van der Waals surface area contributed by atoms with Gasteiger partial charge in [0.25, 0.3) is 15.7 Å². The van der Waals surface area contributed by atoms with Crippen LogP contribution in [0.5, 0.6) is 5.75 Å². The zero-order valence-corrected chi connectivity index (χ0v) is 26.9. The van der Waals surface area contributed by atoms with Crippen molar-refractivity contribution in [3.63, 3.8) is 0 Å². The van der Waals surface area contributed by atoms with Gasteiger partial charge >= 0.3 is 0 Å². The number of sulfonamides is 1. The molecule has 0 spiro atoms. The maximum absolute atomic E-state index is 14.4. The highest BCUT2D eigenvalue weighted by molar-refractivity contribution is 7.92. The zero-order valence-electron chi connectivity index (χ0n) is 26.0. The Morgan fingerprint density at radius 1 is 0.913 bits per heavy atom. The number of nitro benzene ring substituents is 1. The summed E-state index contributed by atoms with van der Waals surface area (Å²) >= 11 is 0. The molecule has 0 bridgehead atoms. The number of aryl methyl sites for hydroxylation is 2. The molecule has 4 rings (SSSR count). The Morgan fingerprint density at radius 2 is 1.57 bits per heavy atom. The smallest absolute Gasteiger partial charge is 0.273 e. The van der Waals surface area contributed by atoms with E-state index in [1.807, 2.05) is 61.5 Å². The van der Waals surface area contributed by atoms with Gasteiger partial charge in [-0.05, 0) is 60.9 Å². The predicted molar refractivity (Wildman–Crippen MR) is 175 cm³/mol. The van der Waals surface area contributed by atoms with E-state index < -0.39 is 39.3 Å². The molecule has 1 unspecified atom stereocenters. The first-order chi connectivity index (χ1) is 22.0. The molecule has 4 aromatic rings. The molecule has 0 radical (unpaired) electrons. The first kappa shape index (κ1) is 33.7. The summed E-state index contributed by atoms with van der Waals surface area (Å²) in [5, 5.41) is 14.3. The molecule has 0 heterocycles. The lowest BCUT2D eigenvalue weighted by atomic mass is 10.0. The first-order valence-corrected chi connectivity index (χ1v) is 15.9. The number of anilines is 1.